The van der Waals surface area contributed by atoms with Crippen molar-refractivity contribution in [1.29, 1.82) is 0 Å². The molecule has 1 aliphatic heterocycles. The maximum Gasteiger partial charge on any atom is 0.255 e. The number of rotatable bonds is 5. The van der Waals surface area contributed by atoms with Gasteiger partial charge in [0.2, 0.25) is 5.91 Å². The van der Waals surface area contributed by atoms with Gasteiger partial charge >= 0.3 is 0 Å². The van der Waals surface area contributed by atoms with Crippen molar-refractivity contribution in [1.82, 2.24) is 10.3 Å². The second-order valence-corrected chi connectivity index (χ2v) is 9.79. The second-order valence-electron chi connectivity index (χ2n) is 8.92. The zero-order valence-electron chi connectivity index (χ0n) is 18.0. The molecule has 0 unspecified atom stereocenters. The number of anilines is 2. The Bertz CT molecular complexity index is 951. The Labute approximate surface area is 193 Å². The molecule has 6 nitrogen and oxygen atoms in total. The maximum absolute atomic E-state index is 12.7. The first-order chi connectivity index (χ1) is 14.6. The van der Waals surface area contributed by atoms with Crippen molar-refractivity contribution in [3.05, 3.63) is 52.1 Å². The van der Waals surface area contributed by atoms with Gasteiger partial charge in [0.25, 0.3) is 5.91 Å². The third kappa shape index (κ3) is 6.84. The van der Waals surface area contributed by atoms with E-state index in [9.17, 15) is 9.59 Å². The van der Waals surface area contributed by atoms with Crippen LogP contribution >= 0.6 is 23.2 Å². The molecule has 0 aliphatic carbocycles. The van der Waals surface area contributed by atoms with Crippen LogP contribution in [0.4, 0.5) is 11.5 Å². The standard InChI is InChI=1S/C23H28Cl2N4O2/c1-23(2,3)28-20(30)11-15-7-9-29(10-8-15)21-19(13-18(25)14-26-21)27-22(31)16-5-4-6-17(24)12-16/h4-6,12-15H,7-11H2,1-3H3,(H,27,31)(H,28,30). The fourth-order valence-electron chi connectivity index (χ4n) is 3.68. The van der Waals surface area contributed by atoms with Crippen molar-refractivity contribution in [2.24, 2.45) is 5.92 Å². The number of carbonyl (C=O) groups excluding carboxylic acids is 2. The molecule has 3 rings (SSSR count). The van der Waals surface area contributed by atoms with Gasteiger partial charge in [-0.1, -0.05) is 29.3 Å². The zero-order valence-corrected chi connectivity index (χ0v) is 19.6. The Morgan fingerprint density at radius 3 is 2.48 bits per heavy atom. The number of nitrogens with one attached hydrogen (secondary N) is 2. The molecule has 0 bridgehead atoms. The van der Waals surface area contributed by atoms with Gasteiger partial charge in [-0.25, -0.2) is 4.98 Å². The van der Waals surface area contributed by atoms with Crippen molar-refractivity contribution in [3.63, 3.8) is 0 Å². The summed E-state index contributed by atoms with van der Waals surface area (Å²) in [5, 5.41) is 6.88. The van der Waals surface area contributed by atoms with Crippen LogP contribution in [-0.4, -0.2) is 35.4 Å². The predicted molar refractivity (Wildman–Crippen MR) is 126 cm³/mol. The SMILES string of the molecule is CC(C)(C)NC(=O)CC1CCN(c2ncc(Cl)cc2NC(=O)c2cccc(Cl)c2)CC1. The number of piperidine rings is 1. The summed E-state index contributed by atoms with van der Waals surface area (Å²) in [6.07, 6.45) is 3.86. The maximum atomic E-state index is 12.7. The number of carbonyl (C=O) groups is 2. The lowest BCUT2D eigenvalue weighted by Gasteiger charge is -2.34. The minimum Gasteiger partial charge on any atom is -0.355 e. The third-order valence-electron chi connectivity index (χ3n) is 5.07. The van der Waals surface area contributed by atoms with E-state index < -0.39 is 0 Å². The normalized spacial score (nSPS) is 14.9. The van der Waals surface area contributed by atoms with E-state index in [4.69, 9.17) is 23.2 Å². The van der Waals surface area contributed by atoms with E-state index in [-0.39, 0.29) is 17.4 Å². The van der Waals surface area contributed by atoms with E-state index in [1.807, 2.05) is 20.8 Å². The van der Waals surface area contributed by atoms with Crippen LogP contribution in [0.5, 0.6) is 0 Å². The average Bonchev–Trinajstić information content (AvgIpc) is 2.67. The molecule has 0 radical (unpaired) electrons. The van der Waals surface area contributed by atoms with Crippen LogP contribution in [0.25, 0.3) is 0 Å². The molecule has 1 fully saturated rings. The molecule has 166 valence electrons. The van der Waals surface area contributed by atoms with Crippen LogP contribution in [0.15, 0.2) is 36.5 Å². The van der Waals surface area contributed by atoms with E-state index >= 15 is 0 Å². The summed E-state index contributed by atoms with van der Waals surface area (Å²) in [7, 11) is 0. The number of nitrogens with zero attached hydrogens (tertiary/aromatic N) is 2. The van der Waals surface area contributed by atoms with E-state index in [0.717, 1.165) is 25.9 Å². The Hall–Kier alpha value is -2.31. The molecule has 1 aliphatic rings. The summed E-state index contributed by atoms with van der Waals surface area (Å²) in [6, 6.07) is 8.47. The number of pyridine rings is 1. The molecule has 1 aromatic heterocycles. The lowest BCUT2D eigenvalue weighted by atomic mass is 9.92. The van der Waals surface area contributed by atoms with Gasteiger partial charge in [0.05, 0.1) is 10.7 Å². The first kappa shape index (κ1) is 23.4. The average molecular weight is 463 g/mol. The first-order valence-corrected chi connectivity index (χ1v) is 11.1. The summed E-state index contributed by atoms with van der Waals surface area (Å²) >= 11 is 12.2. The molecule has 8 heteroatoms. The van der Waals surface area contributed by atoms with Gasteiger partial charge in [0, 0.05) is 41.8 Å². The first-order valence-electron chi connectivity index (χ1n) is 10.4. The lowest BCUT2D eigenvalue weighted by molar-refractivity contribution is -0.123. The molecule has 0 saturated carbocycles. The van der Waals surface area contributed by atoms with E-state index in [1.54, 1.807) is 36.5 Å². The van der Waals surface area contributed by atoms with Gasteiger partial charge in [-0.3, -0.25) is 9.59 Å². The Morgan fingerprint density at radius 2 is 1.84 bits per heavy atom. The molecular weight excluding hydrogens is 435 g/mol. The van der Waals surface area contributed by atoms with Crippen LogP contribution in [0.3, 0.4) is 0 Å². The minimum atomic E-state index is -0.276. The fourth-order valence-corrected chi connectivity index (χ4v) is 4.03. The van der Waals surface area contributed by atoms with Crippen molar-refractivity contribution in [3.8, 4) is 0 Å². The molecule has 2 heterocycles. The lowest BCUT2D eigenvalue weighted by Crippen LogP contribution is -2.42. The summed E-state index contributed by atoms with van der Waals surface area (Å²) in [5.74, 6) is 0.819. The van der Waals surface area contributed by atoms with Gasteiger partial charge < -0.3 is 15.5 Å². The molecule has 2 N–H and O–H groups in total. The monoisotopic (exact) mass is 462 g/mol. The summed E-state index contributed by atoms with van der Waals surface area (Å²) in [6.45, 7) is 7.46. The van der Waals surface area contributed by atoms with Crippen LogP contribution in [0, 0.1) is 5.92 Å². The van der Waals surface area contributed by atoms with Gasteiger partial charge in [0.15, 0.2) is 5.82 Å². The summed E-state index contributed by atoms with van der Waals surface area (Å²) in [5.41, 5.74) is 0.796. The number of hydrogen-bond donors (Lipinski definition) is 2. The van der Waals surface area contributed by atoms with Crippen molar-refractivity contribution >= 4 is 46.5 Å². The number of hydrogen-bond acceptors (Lipinski definition) is 4. The smallest absolute Gasteiger partial charge is 0.255 e. The van der Waals surface area contributed by atoms with Gasteiger partial charge in [-0.15, -0.1) is 0 Å². The topological polar surface area (TPSA) is 74.3 Å². The van der Waals surface area contributed by atoms with Crippen LogP contribution in [0.1, 0.15) is 50.4 Å². The van der Waals surface area contributed by atoms with Gasteiger partial charge in [-0.05, 0) is 63.8 Å². The zero-order chi connectivity index (χ0) is 22.6. The highest BCUT2D eigenvalue weighted by molar-refractivity contribution is 6.31. The molecule has 0 atom stereocenters. The van der Waals surface area contributed by atoms with E-state index in [0.29, 0.717) is 39.5 Å². The summed E-state index contributed by atoms with van der Waals surface area (Å²) in [4.78, 5) is 31.5. The largest absolute Gasteiger partial charge is 0.355 e. The molecule has 1 saturated heterocycles. The number of amides is 2. The van der Waals surface area contributed by atoms with Crippen LogP contribution in [-0.2, 0) is 4.79 Å². The van der Waals surface area contributed by atoms with E-state index in [2.05, 4.69) is 20.5 Å². The molecular formula is C23H28Cl2N4O2. The van der Waals surface area contributed by atoms with Crippen LogP contribution < -0.4 is 15.5 Å². The Balaban J connectivity index is 1.66. The molecule has 1 aromatic carbocycles. The Morgan fingerprint density at radius 1 is 1.13 bits per heavy atom. The number of benzene rings is 1. The highest BCUT2D eigenvalue weighted by atomic mass is 35.5. The number of halogens is 2. The van der Waals surface area contributed by atoms with Crippen molar-refractivity contribution in [2.75, 3.05) is 23.3 Å². The highest BCUT2D eigenvalue weighted by Crippen LogP contribution is 2.31. The van der Waals surface area contributed by atoms with Crippen LogP contribution in [0.2, 0.25) is 10.0 Å². The molecule has 2 amide bonds. The van der Waals surface area contributed by atoms with E-state index in [1.165, 1.54) is 0 Å². The van der Waals surface area contributed by atoms with Gasteiger partial charge in [0.1, 0.15) is 0 Å². The minimum absolute atomic E-state index is 0.0880. The molecule has 31 heavy (non-hydrogen) atoms. The second kappa shape index (κ2) is 9.88. The predicted octanol–water partition coefficient (Wildman–Crippen LogP) is 5.16. The van der Waals surface area contributed by atoms with Gasteiger partial charge in [-0.2, -0.15) is 0 Å². The molecule has 0 spiro atoms. The third-order valence-corrected chi connectivity index (χ3v) is 5.51. The number of aromatic nitrogens is 1. The quantitative estimate of drug-likeness (QED) is 0.642. The van der Waals surface area contributed by atoms with Crippen molar-refractivity contribution in [2.45, 2.75) is 45.6 Å². The fraction of sp³-hybridized carbons (Fsp3) is 0.435. The molecule has 2 aromatic rings. The highest BCUT2D eigenvalue weighted by Gasteiger charge is 2.25. The Kier molecular flexibility index (Phi) is 7.44. The summed E-state index contributed by atoms with van der Waals surface area (Å²) < 4.78 is 0. The van der Waals surface area contributed by atoms with Crippen molar-refractivity contribution < 1.29 is 9.59 Å².